The lowest BCUT2D eigenvalue weighted by Crippen LogP contribution is -2.38. The Morgan fingerprint density at radius 3 is 2.53 bits per heavy atom. The molecule has 1 atom stereocenters. The first kappa shape index (κ1) is 20.0. The number of nitrogens with one attached hydrogen (secondary N) is 1. The Morgan fingerprint density at radius 2 is 1.80 bits per heavy atom. The van der Waals surface area contributed by atoms with Crippen molar-refractivity contribution in [1.82, 2.24) is 10.3 Å². The van der Waals surface area contributed by atoms with E-state index < -0.39 is 34.4 Å². The number of para-hydroxylation sites is 1. The molecule has 0 bridgehead atoms. The van der Waals surface area contributed by atoms with Crippen LogP contribution in [0.3, 0.4) is 0 Å². The molecular weight excluding hydrogens is 404 g/mol. The van der Waals surface area contributed by atoms with Gasteiger partial charge in [-0.25, -0.2) is 18.2 Å². The second kappa shape index (κ2) is 8.23. The van der Waals surface area contributed by atoms with Crippen molar-refractivity contribution in [3.05, 3.63) is 66.2 Å². The van der Waals surface area contributed by atoms with E-state index in [9.17, 15) is 18.0 Å². The number of hydrogen-bond acceptors (Lipinski definition) is 6. The smallest absolute Gasteiger partial charge is 0.339 e. The van der Waals surface area contributed by atoms with E-state index in [1.54, 1.807) is 18.2 Å². The van der Waals surface area contributed by atoms with Crippen molar-refractivity contribution >= 4 is 32.6 Å². The molecule has 0 saturated carbocycles. The lowest BCUT2D eigenvalue weighted by atomic mass is 10.0. The average molecular weight is 424 g/mol. The van der Waals surface area contributed by atoms with E-state index in [-0.39, 0.29) is 11.5 Å². The van der Waals surface area contributed by atoms with E-state index in [0.717, 1.165) is 5.56 Å². The van der Waals surface area contributed by atoms with Crippen LogP contribution >= 0.6 is 0 Å². The van der Waals surface area contributed by atoms with Crippen molar-refractivity contribution in [1.29, 1.82) is 0 Å². The molecule has 8 heteroatoms. The highest BCUT2D eigenvalue weighted by molar-refractivity contribution is 7.91. The molecule has 30 heavy (non-hydrogen) atoms. The summed E-state index contributed by atoms with van der Waals surface area (Å²) >= 11 is 0. The maximum atomic E-state index is 12.8. The fourth-order valence-electron chi connectivity index (χ4n) is 3.49. The minimum Gasteiger partial charge on any atom is -0.452 e. The Hall–Kier alpha value is -3.26. The summed E-state index contributed by atoms with van der Waals surface area (Å²) in [7, 11) is -3.10. The molecule has 0 unspecified atom stereocenters. The standard InChI is InChI=1S/C22H20N2O5S/c25-21(23-16-10-11-30(27,28)14-16)13-29-22(26)18-12-20(15-6-2-1-3-7-15)24-19-9-5-4-8-17(18)19/h1-9,12,16H,10-11,13-14H2,(H,23,25)/t16-/m1/s1. The van der Waals surface area contributed by atoms with Gasteiger partial charge >= 0.3 is 5.97 Å². The predicted molar refractivity (Wildman–Crippen MR) is 113 cm³/mol. The van der Waals surface area contributed by atoms with Crippen molar-refractivity contribution in [2.45, 2.75) is 12.5 Å². The monoisotopic (exact) mass is 424 g/mol. The molecule has 1 saturated heterocycles. The minimum absolute atomic E-state index is 0.0585. The van der Waals surface area contributed by atoms with Crippen LogP contribution in [-0.2, 0) is 19.4 Å². The first-order chi connectivity index (χ1) is 14.4. The number of pyridine rings is 1. The summed E-state index contributed by atoms with van der Waals surface area (Å²) in [6.07, 6.45) is 0.372. The highest BCUT2D eigenvalue weighted by atomic mass is 32.2. The molecule has 1 aliphatic rings. The van der Waals surface area contributed by atoms with Gasteiger partial charge in [0, 0.05) is 17.0 Å². The van der Waals surface area contributed by atoms with Crippen LogP contribution in [0.4, 0.5) is 0 Å². The summed E-state index contributed by atoms with van der Waals surface area (Å²) in [5.41, 5.74) is 2.45. The summed E-state index contributed by atoms with van der Waals surface area (Å²) in [6.45, 7) is -0.479. The van der Waals surface area contributed by atoms with E-state index >= 15 is 0 Å². The molecule has 1 amide bonds. The van der Waals surface area contributed by atoms with E-state index in [1.807, 2.05) is 42.5 Å². The molecule has 7 nitrogen and oxygen atoms in total. The number of carbonyl (C=O) groups is 2. The van der Waals surface area contributed by atoms with E-state index in [2.05, 4.69) is 10.3 Å². The molecule has 1 aliphatic heterocycles. The highest BCUT2D eigenvalue weighted by Crippen LogP contribution is 2.25. The number of rotatable bonds is 5. The summed E-state index contributed by atoms with van der Waals surface area (Å²) in [4.78, 5) is 29.5. The SMILES string of the molecule is O=C(COC(=O)c1cc(-c2ccccc2)nc2ccccc12)N[C@@H]1CCS(=O)(=O)C1. The van der Waals surface area contributed by atoms with Crippen molar-refractivity contribution in [2.75, 3.05) is 18.1 Å². The Bertz CT molecular complexity index is 1210. The lowest BCUT2D eigenvalue weighted by molar-refractivity contribution is -0.124. The molecule has 3 aromatic rings. The van der Waals surface area contributed by atoms with Gasteiger partial charge in [-0.2, -0.15) is 0 Å². The van der Waals surface area contributed by atoms with Gasteiger partial charge in [0.05, 0.1) is 28.3 Å². The van der Waals surface area contributed by atoms with Crippen LogP contribution in [0.5, 0.6) is 0 Å². The topological polar surface area (TPSA) is 102 Å². The molecule has 1 fully saturated rings. The molecule has 2 aromatic carbocycles. The Labute approximate surface area is 174 Å². The number of benzene rings is 2. The maximum absolute atomic E-state index is 12.8. The van der Waals surface area contributed by atoms with Gasteiger partial charge in [0.2, 0.25) is 0 Å². The largest absolute Gasteiger partial charge is 0.452 e. The predicted octanol–water partition coefficient (Wildman–Crippen LogP) is 2.36. The molecule has 0 aliphatic carbocycles. The second-order valence-electron chi connectivity index (χ2n) is 7.18. The van der Waals surface area contributed by atoms with E-state index in [0.29, 0.717) is 28.6 Å². The third-order valence-corrected chi connectivity index (χ3v) is 6.71. The van der Waals surface area contributed by atoms with Gasteiger partial charge in [-0.3, -0.25) is 4.79 Å². The summed E-state index contributed by atoms with van der Waals surface area (Å²) in [5, 5.41) is 3.24. The van der Waals surface area contributed by atoms with Gasteiger partial charge in [0.1, 0.15) is 0 Å². The Kier molecular flexibility index (Phi) is 5.50. The number of hydrogen-bond donors (Lipinski definition) is 1. The zero-order chi connectivity index (χ0) is 21.1. The number of ether oxygens (including phenoxy) is 1. The molecular formula is C22H20N2O5S. The third-order valence-electron chi connectivity index (χ3n) is 4.94. The molecule has 154 valence electrons. The Balaban J connectivity index is 1.52. The second-order valence-corrected chi connectivity index (χ2v) is 9.41. The number of fused-ring (bicyclic) bond motifs is 1. The van der Waals surface area contributed by atoms with Crippen LogP contribution in [0, 0.1) is 0 Å². The van der Waals surface area contributed by atoms with Crippen LogP contribution < -0.4 is 5.32 Å². The Morgan fingerprint density at radius 1 is 1.07 bits per heavy atom. The number of sulfone groups is 1. The quantitative estimate of drug-likeness (QED) is 0.631. The van der Waals surface area contributed by atoms with Gasteiger partial charge < -0.3 is 10.1 Å². The van der Waals surface area contributed by atoms with Gasteiger partial charge in [0.25, 0.3) is 5.91 Å². The molecule has 4 rings (SSSR count). The van der Waals surface area contributed by atoms with Crippen LogP contribution in [0.2, 0.25) is 0 Å². The van der Waals surface area contributed by atoms with Gasteiger partial charge in [-0.15, -0.1) is 0 Å². The first-order valence-corrected chi connectivity index (χ1v) is 11.4. The lowest BCUT2D eigenvalue weighted by Gasteiger charge is -2.12. The number of aromatic nitrogens is 1. The number of nitrogens with zero attached hydrogens (tertiary/aromatic N) is 1. The molecule has 2 heterocycles. The van der Waals surface area contributed by atoms with Gasteiger partial charge in [0.15, 0.2) is 16.4 Å². The van der Waals surface area contributed by atoms with Crippen molar-refractivity contribution in [2.24, 2.45) is 0 Å². The van der Waals surface area contributed by atoms with Crippen molar-refractivity contribution < 1.29 is 22.7 Å². The summed E-state index contributed by atoms with van der Waals surface area (Å²) in [6, 6.07) is 17.9. The van der Waals surface area contributed by atoms with Gasteiger partial charge in [-0.05, 0) is 18.6 Å². The number of esters is 1. The molecule has 1 N–H and O–H groups in total. The van der Waals surface area contributed by atoms with Crippen LogP contribution in [0.15, 0.2) is 60.7 Å². The van der Waals surface area contributed by atoms with Crippen LogP contribution in [0.1, 0.15) is 16.8 Å². The van der Waals surface area contributed by atoms with E-state index in [1.165, 1.54) is 0 Å². The van der Waals surface area contributed by atoms with E-state index in [4.69, 9.17) is 4.74 Å². The normalized spacial score (nSPS) is 17.5. The minimum atomic E-state index is -3.10. The van der Waals surface area contributed by atoms with Gasteiger partial charge in [-0.1, -0.05) is 48.5 Å². The molecule has 0 spiro atoms. The third kappa shape index (κ3) is 4.49. The summed E-state index contributed by atoms with van der Waals surface area (Å²) in [5.74, 6) is -1.18. The maximum Gasteiger partial charge on any atom is 0.339 e. The van der Waals surface area contributed by atoms with Crippen molar-refractivity contribution in [3.63, 3.8) is 0 Å². The molecule has 0 radical (unpaired) electrons. The number of carbonyl (C=O) groups excluding carboxylic acids is 2. The molecule has 1 aromatic heterocycles. The zero-order valence-corrected chi connectivity index (χ0v) is 16.9. The van der Waals surface area contributed by atoms with Crippen LogP contribution in [-0.4, -0.2) is 49.4 Å². The number of amides is 1. The zero-order valence-electron chi connectivity index (χ0n) is 16.1. The first-order valence-electron chi connectivity index (χ1n) is 9.53. The van der Waals surface area contributed by atoms with Crippen molar-refractivity contribution in [3.8, 4) is 11.3 Å². The summed E-state index contributed by atoms with van der Waals surface area (Å²) < 4.78 is 28.2. The fourth-order valence-corrected chi connectivity index (χ4v) is 5.16. The fraction of sp³-hybridized carbons (Fsp3) is 0.227. The highest BCUT2D eigenvalue weighted by Gasteiger charge is 2.29. The van der Waals surface area contributed by atoms with Crippen LogP contribution in [0.25, 0.3) is 22.2 Å². The average Bonchev–Trinajstić information content (AvgIpc) is 3.09.